The van der Waals surface area contributed by atoms with Crippen LogP contribution >= 0.6 is 11.8 Å². The molecule has 2 aromatic carbocycles. The molecule has 0 spiro atoms. The maximum absolute atomic E-state index is 11.4. The van der Waals surface area contributed by atoms with Crippen LogP contribution < -0.4 is 5.32 Å². The highest BCUT2D eigenvalue weighted by atomic mass is 32.2. The van der Waals surface area contributed by atoms with Crippen LogP contribution in [0.2, 0.25) is 0 Å². The third-order valence-corrected chi connectivity index (χ3v) is 4.32. The Bertz CT molecular complexity index is 767. The third-order valence-electron chi connectivity index (χ3n) is 3.35. The van der Waals surface area contributed by atoms with E-state index in [1.54, 1.807) is 0 Å². The molecule has 0 unspecified atom stereocenters. The summed E-state index contributed by atoms with van der Waals surface area (Å²) in [5.74, 6) is -0.0164. The smallest absolute Gasteiger partial charge is 0.239 e. The van der Waals surface area contributed by atoms with Gasteiger partial charge in [-0.05, 0) is 36.2 Å². The van der Waals surface area contributed by atoms with Crippen molar-refractivity contribution in [2.75, 3.05) is 0 Å². The second-order valence-electron chi connectivity index (χ2n) is 4.90. The second-order valence-corrected chi connectivity index (χ2v) is 6.23. The van der Waals surface area contributed by atoms with Crippen molar-refractivity contribution in [2.45, 2.75) is 19.1 Å². The largest absolute Gasteiger partial charge is 0.303 e. The van der Waals surface area contributed by atoms with Crippen molar-refractivity contribution in [3.05, 3.63) is 48.0 Å². The Hall–Kier alpha value is -2.14. The minimum absolute atomic E-state index is 0.0164. The summed E-state index contributed by atoms with van der Waals surface area (Å²) in [6.07, 6.45) is 0. The van der Waals surface area contributed by atoms with Crippen LogP contribution in [0.1, 0.15) is 19.4 Å². The Balaban J connectivity index is 1.86. The van der Waals surface area contributed by atoms with Crippen molar-refractivity contribution in [3.8, 4) is 0 Å². The highest BCUT2D eigenvalue weighted by Crippen LogP contribution is 2.19. The zero-order valence-corrected chi connectivity index (χ0v) is 12.6. The van der Waals surface area contributed by atoms with Crippen molar-refractivity contribution >= 4 is 39.3 Å². The molecule has 2 aromatic rings. The van der Waals surface area contributed by atoms with Crippen LogP contribution in [-0.4, -0.2) is 22.0 Å². The molecule has 3 rings (SSSR count). The summed E-state index contributed by atoms with van der Waals surface area (Å²) in [6.45, 7) is 3.77. The van der Waals surface area contributed by atoms with Crippen LogP contribution in [0, 0.1) is 0 Å². The highest BCUT2D eigenvalue weighted by Gasteiger charge is 2.25. The summed E-state index contributed by atoms with van der Waals surface area (Å²) in [7, 11) is 0. The van der Waals surface area contributed by atoms with E-state index in [-0.39, 0.29) is 11.2 Å². The number of nitrogens with one attached hydrogen (secondary N) is 1. The zero-order chi connectivity index (χ0) is 14.8. The fourth-order valence-corrected chi connectivity index (χ4v) is 2.85. The Labute approximate surface area is 127 Å². The fraction of sp³-hybridized carbons (Fsp3) is 0.188. The maximum atomic E-state index is 11.4. The normalized spacial score (nSPS) is 21.0. The van der Waals surface area contributed by atoms with E-state index in [9.17, 15) is 4.79 Å². The van der Waals surface area contributed by atoms with Gasteiger partial charge in [0.2, 0.25) is 5.91 Å². The molecule has 21 heavy (non-hydrogen) atoms. The fourth-order valence-electron chi connectivity index (χ4n) is 2.10. The molecule has 0 radical (unpaired) electrons. The first-order valence-corrected chi connectivity index (χ1v) is 7.60. The number of carbonyl (C=O) groups excluding carboxylic acids is 1. The Morgan fingerprint density at radius 1 is 1.19 bits per heavy atom. The van der Waals surface area contributed by atoms with Gasteiger partial charge in [0.05, 0.1) is 11.0 Å². The molecular weight excluding hydrogens is 282 g/mol. The molecule has 1 aliphatic rings. The molecule has 1 amide bonds. The van der Waals surface area contributed by atoms with Crippen LogP contribution in [0.15, 0.2) is 52.7 Å². The monoisotopic (exact) mass is 297 g/mol. The second kappa shape index (κ2) is 5.69. The lowest BCUT2D eigenvalue weighted by atomic mass is 10.0. The van der Waals surface area contributed by atoms with E-state index >= 15 is 0 Å². The summed E-state index contributed by atoms with van der Waals surface area (Å²) in [5, 5.41) is 13.9. The number of amidine groups is 1. The van der Waals surface area contributed by atoms with Crippen molar-refractivity contribution < 1.29 is 4.79 Å². The lowest BCUT2D eigenvalue weighted by Crippen LogP contribution is -2.23. The predicted octanol–water partition coefficient (Wildman–Crippen LogP) is 3.17. The number of fused-ring (bicyclic) bond motifs is 1. The number of nitrogens with zero attached hydrogens (tertiary/aromatic N) is 2. The Kier molecular flexibility index (Phi) is 3.75. The SMILES string of the molecule is C/C(=N\N=C1/NC(=O)[C@@H](C)S1)c1ccc2ccccc2c1. The lowest BCUT2D eigenvalue weighted by molar-refractivity contribution is -0.118. The first kappa shape index (κ1) is 13.8. The van der Waals surface area contributed by atoms with E-state index < -0.39 is 0 Å². The summed E-state index contributed by atoms with van der Waals surface area (Å²) >= 11 is 1.40. The van der Waals surface area contributed by atoms with Crippen molar-refractivity contribution in [1.82, 2.24) is 5.32 Å². The van der Waals surface area contributed by atoms with Gasteiger partial charge in [0.1, 0.15) is 0 Å². The molecule has 106 valence electrons. The van der Waals surface area contributed by atoms with Crippen LogP contribution in [0.3, 0.4) is 0 Å². The predicted molar refractivity (Wildman–Crippen MR) is 88.8 cm³/mol. The van der Waals surface area contributed by atoms with Gasteiger partial charge in [0.15, 0.2) is 5.17 Å². The van der Waals surface area contributed by atoms with E-state index in [0.29, 0.717) is 5.17 Å². The van der Waals surface area contributed by atoms with Crippen molar-refractivity contribution in [2.24, 2.45) is 10.2 Å². The standard InChI is InChI=1S/C16H15N3OS/c1-10(18-19-16-17-15(20)11(2)21-16)13-8-7-12-5-3-4-6-14(12)9-13/h3-9,11H,1-2H3,(H,17,19,20)/b18-10+/t11-/m1/s1. The third kappa shape index (κ3) is 2.97. The summed E-state index contributed by atoms with van der Waals surface area (Å²) in [6, 6.07) is 14.4. The van der Waals surface area contributed by atoms with Crippen LogP contribution in [0.4, 0.5) is 0 Å². The number of hydrogen-bond donors (Lipinski definition) is 1. The minimum Gasteiger partial charge on any atom is -0.303 e. The van der Waals surface area contributed by atoms with E-state index in [0.717, 1.165) is 11.3 Å². The van der Waals surface area contributed by atoms with E-state index in [1.165, 1.54) is 22.5 Å². The molecule has 1 aliphatic heterocycles. The molecule has 0 bridgehead atoms. The molecule has 5 heteroatoms. The van der Waals surface area contributed by atoms with Gasteiger partial charge in [-0.2, -0.15) is 5.10 Å². The molecule has 1 N–H and O–H groups in total. The Morgan fingerprint density at radius 3 is 2.67 bits per heavy atom. The summed E-state index contributed by atoms with van der Waals surface area (Å²) in [4.78, 5) is 11.4. The first-order valence-electron chi connectivity index (χ1n) is 6.72. The molecule has 1 saturated heterocycles. The molecule has 1 fully saturated rings. The van der Waals surface area contributed by atoms with Gasteiger partial charge in [-0.25, -0.2) is 0 Å². The van der Waals surface area contributed by atoms with Crippen LogP contribution in [-0.2, 0) is 4.79 Å². The topological polar surface area (TPSA) is 53.8 Å². The van der Waals surface area contributed by atoms with E-state index in [1.807, 2.05) is 32.0 Å². The highest BCUT2D eigenvalue weighted by molar-refractivity contribution is 8.15. The minimum atomic E-state index is -0.0973. The number of benzene rings is 2. The first-order chi connectivity index (χ1) is 10.1. The summed E-state index contributed by atoms with van der Waals surface area (Å²) in [5.41, 5.74) is 1.85. The number of thioether (sulfide) groups is 1. The van der Waals surface area contributed by atoms with Gasteiger partial charge in [-0.1, -0.05) is 48.2 Å². The zero-order valence-electron chi connectivity index (χ0n) is 11.8. The molecule has 0 saturated carbocycles. The van der Waals surface area contributed by atoms with Gasteiger partial charge >= 0.3 is 0 Å². The lowest BCUT2D eigenvalue weighted by Gasteiger charge is -2.02. The molecule has 4 nitrogen and oxygen atoms in total. The van der Waals surface area contributed by atoms with Gasteiger partial charge < -0.3 is 5.32 Å². The Morgan fingerprint density at radius 2 is 1.95 bits per heavy atom. The average Bonchev–Trinajstić information content (AvgIpc) is 2.83. The number of amides is 1. The molecule has 1 atom stereocenters. The van der Waals surface area contributed by atoms with Gasteiger partial charge in [0, 0.05) is 0 Å². The van der Waals surface area contributed by atoms with Gasteiger partial charge in [0.25, 0.3) is 0 Å². The van der Waals surface area contributed by atoms with Crippen molar-refractivity contribution in [1.29, 1.82) is 0 Å². The van der Waals surface area contributed by atoms with Crippen LogP contribution in [0.25, 0.3) is 10.8 Å². The average molecular weight is 297 g/mol. The number of carbonyl (C=O) groups is 1. The number of rotatable bonds is 2. The van der Waals surface area contributed by atoms with Crippen LogP contribution in [0.5, 0.6) is 0 Å². The number of hydrogen-bond acceptors (Lipinski definition) is 4. The molecule has 0 aromatic heterocycles. The van der Waals surface area contributed by atoms with Gasteiger partial charge in [-0.3, -0.25) is 4.79 Å². The van der Waals surface area contributed by atoms with Crippen molar-refractivity contribution in [3.63, 3.8) is 0 Å². The maximum Gasteiger partial charge on any atom is 0.239 e. The molecular formula is C16H15N3OS. The van der Waals surface area contributed by atoms with Gasteiger partial charge in [-0.15, -0.1) is 5.10 Å². The molecule has 0 aliphatic carbocycles. The summed E-state index contributed by atoms with van der Waals surface area (Å²) < 4.78 is 0. The van der Waals surface area contributed by atoms with E-state index in [4.69, 9.17) is 0 Å². The van der Waals surface area contributed by atoms with E-state index in [2.05, 4.69) is 39.8 Å². The molecule has 1 heterocycles. The quantitative estimate of drug-likeness (QED) is 0.684.